The van der Waals surface area contributed by atoms with Crippen molar-refractivity contribution in [1.29, 1.82) is 0 Å². The van der Waals surface area contributed by atoms with Gasteiger partial charge in [-0.15, -0.1) is 0 Å². The second-order valence-corrected chi connectivity index (χ2v) is 7.26. The van der Waals surface area contributed by atoms with Crippen molar-refractivity contribution in [3.8, 4) is 17.2 Å². The molecule has 1 aliphatic heterocycles. The van der Waals surface area contributed by atoms with Crippen LogP contribution in [0.4, 0.5) is 0 Å². The number of carbonyl (C=O) groups is 1. The van der Waals surface area contributed by atoms with Gasteiger partial charge in [0, 0.05) is 17.8 Å². The Balaban J connectivity index is 2.06. The van der Waals surface area contributed by atoms with Gasteiger partial charge in [0.05, 0.1) is 39.0 Å². The third-order valence-corrected chi connectivity index (χ3v) is 5.49. The van der Waals surface area contributed by atoms with Gasteiger partial charge >= 0.3 is 5.97 Å². The molecule has 1 fully saturated rings. The molecule has 2 aromatic rings. The molecule has 7 nitrogen and oxygen atoms in total. The minimum absolute atomic E-state index is 0.180. The van der Waals surface area contributed by atoms with Gasteiger partial charge in [0.25, 0.3) is 0 Å². The minimum atomic E-state index is -0.724. The number of piperidine rings is 1. The molecule has 0 amide bonds. The van der Waals surface area contributed by atoms with Crippen molar-refractivity contribution in [2.75, 3.05) is 34.4 Å². The number of carboxylic acids is 1. The molecule has 1 saturated heterocycles. The van der Waals surface area contributed by atoms with Gasteiger partial charge < -0.3 is 19.3 Å². The number of nitrogens with zero attached hydrogens (tertiary/aromatic N) is 2. The fourth-order valence-electron chi connectivity index (χ4n) is 3.86. The Morgan fingerprint density at radius 3 is 2.21 bits per heavy atom. The Hall–Kier alpha value is -2.80. The van der Waals surface area contributed by atoms with Crippen molar-refractivity contribution in [3.63, 3.8) is 0 Å². The van der Waals surface area contributed by atoms with Gasteiger partial charge in [-0.2, -0.15) is 0 Å². The summed E-state index contributed by atoms with van der Waals surface area (Å²) in [6.45, 7) is 3.32. The standard InChI is InChI=1S/C22H28N2O5/c1-14-5-6-17(23-13-14)21(24-9-7-15(8-10-24)22(25)26)16-11-19(28-3)20(29-4)12-18(16)27-2/h5-6,11-13,15,21H,7-10H2,1-4H3,(H,25,26). The van der Waals surface area contributed by atoms with Crippen LogP contribution >= 0.6 is 0 Å². The second-order valence-electron chi connectivity index (χ2n) is 7.26. The number of rotatable bonds is 7. The summed E-state index contributed by atoms with van der Waals surface area (Å²) in [4.78, 5) is 18.3. The van der Waals surface area contributed by atoms with E-state index in [1.165, 1.54) is 0 Å². The number of carboxylic acid groups (broad SMARTS) is 1. The van der Waals surface area contributed by atoms with Gasteiger partial charge in [-0.25, -0.2) is 0 Å². The summed E-state index contributed by atoms with van der Waals surface area (Å²) >= 11 is 0. The monoisotopic (exact) mass is 400 g/mol. The van der Waals surface area contributed by atoms with Crippen LogP contribution in [-0.4, -0.2) is 55.4 Å². The van der Waals surface area contributed by atoms with E-state index in [-0.39, 0.29) is 12.0 Å². The molecular formula is C22H28N2O5. The van der Waals surface area contributed by atoms with E-state index in [1.807, 2.05) is 37.4 Å². The summed E-state index contributed by atoms with van der Waals surface area (Å²) in [5.41, 5.74) is 2.88. The largest absolute Gasteiger partial charge is 0.496 e. The Kier molecular flexibility index (Phi) is 6.59. The summed E-state index contributed by atoms with van der Waals surface area (Å²) in [5, 5.41) is 9.35. The number of hydrogen-bond acceptors (Lipinski definition) is 6. The number of ether oxygens (including phenoxy) is 3. The van der Waals surface area contributed by atoms with Crippen LogP contribution in [0.1, 0.15) is 35.7 Å². The molecule has 156 valence electrons. The van der Waals surface area contributed by atoms with Crippen LogP contribution in [-0.2, 0) is 4.79 Å². The molecule has 29 heavy (non-hydrogen) atoms. The van der Waals surface area contributed by atoms with E-state index in [9.17, 15) is 9.90 Å². The van der Waals surface area contributed by atoms with E-state index < -0.39 is 5.97 Å². The molecule has 2 heterocycles. The third kappa shape index (κ3) is 4.45. The van der Waals surface area contributed by atoms with E-state index in [1.54, 1.807) is 21.3 Å². The number of aliphatic carboxylic acids is 1. The molecule has 0 spiro atoms. The highest BCUT2D eigenvalue weighted by atomic mass is 16.5. The van der Waals surface area contributed by atoms with Crippen molar-refractivity contribution in [3.05, 3.63) is 47.3 Å². The lowest BCUT2D eigenvalue weighted by Crippen LogP contribution is -2.39. The van der Waals surface area contributed by atoms with Crippen LogP contribution < -0.4 is 14.2 Å². The van der Waals surface area contributed by atoms with Gasteiger partial charge in [0.2, 0.25) is 0 Å². The molecule has 3 rings (SSSR count). The quantitative estimate of drug-likeness (QED) is 0.764. The highest BCUT2D eigenvalue weighted by molar-refractivity contribution is 5.70. The van der Waals surface area contributed by atoms with E-state index in [0.717, 1.165) is 16.8 Å². The molecule has 0 bridgehead atoms. The van der Waals surface area contributed by atoms with Gasteiger partial charge in [0.15, 0.2) is 11.5 Å². The number of aromatic nitrogens is 1. The van der Waals surface area contributed by atoms with Crippen molar-refractivity contribution < 1.29 is 24.1 Å². The second kappa shape index (κ2) is 9.13. The molecule has 1 N–H and O–H groups in total. The number of aryl methyl sites for hydroxylation is 1. The number of pyridine rings is 1. The van der Waals surface area contributed by atoms with E-state index in [0.29, 0.717) is 43.2 Å². The van der Waals surface area contributed by atoms with E-state index >= 15 is 0 Å². The van der Waals surface area contributed by atoms with Crippen LogP contribution in [0.2, 0.25) is 0 Å². The maximum atomic E-state index is 11.4. The zero-order chi connectivity index (χ0) is 21.0. The molecule has 0 radical (unpaired) electrons. The molecule has 7 heteroatoms. The maximum Gasteiger partial charge on any atom is 0.306 e. The SMILES string of the molecule is COc1cc(OC)c(C(c2ccc(C)cn2)N2CCC(C(=O)O)CC2)cc1OC. The van der Waals surface area contributed by atoms with Crippen molar-refractivity contribution in [1.82, 2.24) is 9.88 Å². The number of benzene rings is 1. The molecular weight excluding hydrogens is 372 g/mol. The predicted molar refractivity (Wildman–Crippen MR) is 109 cm³/mol. The van der Waals surface area contributed by atoms with Gasteiger partial charge in [-0.05, 0) is 50.6 Å². The first kappa shape index (κ1) is 20.9. The van der Waals surface area contributed by atoms with E-state index in [4.69, 9.17) is 14.2 Å². The zero-order valence-corrected chi connectivity index (χ0v) is 17.3. The number of likely N-dealkylation sites (tertiary alicyclic amines) is 1. The number of methoxy groups -OCH3 is 3. The average Bonchev–Trinajstić information content (AvgIpc) is 2.75. The highest BCUT2D eigenvalue weighted by Crippen LogP contribution is 2.42. The Labute approximate surface area is 171 Å². The zero-order valence-electron chi connectivity index (χ0n) is 17.3. The first-order valence-electron chi connectivity index (χ1n) is 9.67. The van der Waals surface area contributed by atoms with E-state index in [2.05, 4.69) is 9.88 Å². The molecule has 1 aliphatic rings. The average molecular weight is 400 g/mol. The smallest absolute Gasteiger partial charge is 0.306 e. The Morgan fingerprint density at radius 2 is 1.69 bits per heavy atom. The normalized spacial score (nSPS) is 16.3. The summed E-state index contributed by atoms with van der Waals surface area (Å²) in [5.74, 6) is 0.855. The number of hydrogen-bond donors (Lipinski definition) is 1. The Bertz CT molecular complexity index is 845. The van der Waals surface area contributed by atoms with Crippen molar-refractivity contribution >= 4 is 5.97 Å². The van der Waals surface area contributed by atoms with Crippen LogP contribution in [0.15, 0.2) is 30.5 Å². The summed E-state index contributed by atoms with van der Waals surface area (Å²) in [6.07, 6.45) is 3.06. The minimum Gasteiger partial charge on any atom is -0.496 e. The van der Waals surface area contributed by atoms with Crippen LogP contribution in [0.5, 0.6) is 17.2 Å². The molecule has 1 unspecified atom stereocenters. The highest BCUT2D eigenvalue weighted by Gasteiger charge is 2.33. The van der Waals surface area contributed by atoms with Gasteiger partial charge in [-0.1, -0.05) is 6.07 Å². The lowest BCUT2D eigenvalue weighted by molar-refractivity contribution is -0.143. The van der Waals surface area contributed by atoms with Crippen molar-refractivity contribution in [2.45, 2.75) is 25.8 Å². The van der Waals surface area contributed by atoms with Crippen LogP contribution in [0, 0.1) is 12.8 Å². The first-order chi connectivity index (χ1) is 14.0. The lowest BCUT2D eigenvalue weighted by Gasteiger charge is -2.37. The molecule has 1 aromatic heterocycles. The third-order valence-electron chi connectivity index (χ3n) is 5.49. The van der Waals surface area contributed by atoms with Crippen molar-refractivity contribution in [2.24, 2.45) is 5.92 Å². The summed E-state index contributed by atoms with van der Waals surface area (Å²) in [6, 6.07) is 7.61. The summed E-state index contributed by atoms with van der Waals surface area (Å²) in [7, 11) is 4.82. The maximum absolute atomic E-state index is 11.4. The first-order valence-corrected chi connectivity index (χ1v) is 9.67. The molecule has 0 aliphatic carbocycles. The molecule has 1 atom stereocenters. The molecule has 0 saturated carbocycles. The topological polar surface area (TPSA) is 81.1 Å². The fraction of sp³-hybridized carbons (Fsp3) is 0.455. The van der Waals surface area contributed by atoms with Crippen LogP contribution in [0.25, 0.3) is 0 Å². The molecule has 1 aromatic carbocycles. The predicted octanol–water partition coefficient (Wildman–Crippen LogP) is 3.30. The van der Waals surface area contributed by atoms with Crippen LogP contribution in [0.3, 0.4) is 0 Å². The van der Waals surface area contributed by atoms with Gasteiger partial charge in [0.1, 0.15) is 5.75 Å². The fourth-order valence-corrected chi connectivity index (χ4v) is 3.86. The van der Waals surface area contributed by atoms with Gasteiger partial charge in [-0.3, -0.25) is 14.7 Å². The summed E-state index contributed by atoms with van der Waals surface area (Å²) < 4.78 is 16.6. The lowest BCUT2D eigenvalue weighted by atomic mass is 9.92. The Morgan fingerprint density at radius 1 is 1.07 bits per heavy atom.